The molecule has 0 saturated carbocycles. The summed E-state index contributed by atoms with van der Waals surface area (Å²) in [5, 5.41) is 12.5. The molecule has 1 aromatic rings. The Kier molecular flexibility index (Phi) is 6.67. The fraction of sp³-hybridized carbons (Fsp3) is 0.500. The van der Waals surface area contributed by atoms with Crippen molar-refractivity contribution in [2.24, 2.45) is 0 Å². The standard InChI is InChI=1S/C14H21ClN2O2/c1-17(2)14(19)7-6-11-4-3-5-12(8-11)16-10-13(18)9-15/h3-5,8,13,16,18H,6-7,9-10H2,1-2H3. The van der Waals surface area contributed by atoms with Crippen molar-refractivity contribution in [3.63, 3.8) is 0 Å². The molecule has 0 fully saturated rings. The first-order valence-corrected chi connectivity index (χ1v) is 6.83. The number of aliphatic hydroxyl groups is 1. The molecule has 5 heteroatoms. The number of halogens is 1. The molecule has 0 bridgehead atoms. The van der Waals surface area contributed by atoms with E-state index < -0.39 is 6.10 Å². The molecule has 1 unspecified atom stereocenters. The number of hydrogen-bond donors (Lipinski definition) is 2. The average Bonchev–Trinajstić information content (AvgIpc) is 2.42. The lowest BCUT2D eigenvalue weighted by Crippen LogP contribution is -2.22. The third kappa shape index (κ3) is 5.94. The molecule has 0 radical (unpaired) electrons. The number of carbonyl (C=O) groups is 1. The molecule has 2 N–H and O–H groups in total. The molecule has 0 heterocycles. The summed E-state index contributed by atoms with van der Waals surface area (Å²) in [5.74, 6) is 0.334. The summed E-state index contributed by atoms with van der Waals surface area (Å²) in [6.07, 6.45) is 0.659. The van der Waals surface area contributed by atoms with Gasteiger partial charge in [-0.3, -0.25) is 4.79 Å². The summed E-state index contributed by atoms with van der Waals surface area (Å²) in [6, 6.07) is 7.85. The van der Waals surface area contributed by atoms with Crippen LogP contribution in [0.15, 0.2) is 24.3 Å². The van der Waals surface area contributed by atoms with Gasteiger partial charge in [-0.1, -0.05) is 12.1 Å². The second-order valence-corrected chi connectivity index (χ2v) is 4.99. The van der Waals surface area contributed by atoms with Gasteiger partial charge in [-0.15, -0.1) is 11.6 Å². The van der Waals surface area contributed by atoms with Gasteiger partial charge in [0.15, 0.2) is 0 Å². The number of anilines is 1. The van der Waals surface area contributed by atoms with Crippen LogP contribution in [0.4, 0.5) is 5.69 Å². The van der Waals surface area contributed by atoms with E-state index in [-0.39, 0.29) is 11.8 Å². The molecule has 1 aromatic carbocycles. The van der Waals surface area contributed by atoms with Gasteiger partial charge >= 0.3 is 0 Å². The number of alkyl halides is 1. The summed E-state index contributed by atoms with van der Waals surface area (Å²) in [4.78, 5) is 13.1. The lowest BCUT2D eigenvalue weighted by Gasteiger charge is -2.12. The molecular weight excluding hydrogens is 264 g/mol. The van der Waals surface area contributed by atoms with Gasteiger partial charge < -0.3 is 15.3 Å². The number of hydrogen-bond acceptors (Lipinski definition) is 3. The Labute approximate surface area is 119 Å². The highest BCUT2D eigenvalue weighted by molar-refractivity contribution is 6.18. The Balaban J connectivity index is 2.50. The molecule has 0 aromatic heterocycles. The van der Waals surface area contributed by atoms with Gasteiger partial charge in [-0.2, -0.15) is 0 Å². The normalized spacial score (nSPS) is 12.0. The third-order valence-corrected chi connectivity index (χ3v) is 3.13. The summed E-state index contributed by atoms with van der Waals surface area (Å²) >= 11 is 5.53. The third-order valence-electron chi connectivity index (χ3n) is 2.77. The minimum Gasteiger partial charge on any atom is -0.390 e. The lowest BCUT2D eigenvalue weighted by atomic mass is 10.1. The number of aryl methyl sites for hydroxylation is 1. The van der Waals surface area contributed by atoms with Crippen LogP contribution in [0.5, 0.6) is 0 Å². The van der Waals surface area contributed by atoms with E-state index in [2.05, 4.69) is 5.32 Å². The van der Waals surface area contributed by atoms with Crippen molar-refractivity contribution in [2.75, 3.05) is 31.8 Å². The number of nitrogens with zero attached hydrogens (tertiary/aromatic N) is 1. The van der Waals surface area contributed by atoms with Crippen molar-refractivity contribution >= 4 is 23.2 Å². The molecule has 1 amide bonds. The molecule has 0 aliphatic carbocycles. The summed E-state index contributed by atoms with van der Waals surface area (Å²) in [5.41, 5.74) is 2.03. The fourth-order valence-corrected chi connectivity index (χ4v) is 1.71. The smallest absolute Gasteiger partial charge is 0.222 e. The molecule has 0 saturated heterocycles. The summed E-state index contributed by atoms with van der Waals surface area (Å²) in [7, 11) is 3.52. The maximum atomic E-state index is 11.5. The van der Waals surface area contributed by atoms with Gasteiger partial charge in [-0.25, -0.2) is 0 Å². The average molecular weight is 285 g/mol. The van der Waals surface area contributed by atoms with Crippen molar-refractivity contribution in [3.05, 3.63) is 29.8 Å². The largest absolute Gasteiger partial charge is 0.390 e. The monoisotopic (exact) mass is 284 g/mol. The number of nitrogens with one attached hydrogen (secondary N) is 1. The van der Waals surface area contributed by atoms with E-state index >= 15 is 0 Å². The zero-order valence-electron chi connectivity index (χ0n) is 11.4. The minimum atomic E-state index is -0.555. The number of rotatable bonds is 7. The highest BCUT2D eigenvalue weighted by Gasteiger charge is 2.05. The van der Waals surface area contributed by atoms with Gasteiger partial charge in [0.25, 0.3) is 0 Å². The van der Waals surface area contributed by atoms with Crippen molar-refractivity contribution in [1.29, 1.82) is 0 Å². The maximum Gasteiger partial charge on any atom is 0.222 e. The van der Waals surface area contributed by atoms with E-state index in [1.165, 1.54) is 0 Å². The van der Waals surface area contributed by atoms with Crippen LogP contribution in [-0.2, 0) is 11.2 Å². The first-order valence-electron chi connectivity index (χ1n) is 6.30. The Morgan fingerprint density at radius 2 is 2.21 bits per heavy atom. The van der Waals surface area contributed by atoms with E-state index in [4.69, 9.17) is 11.6 Å². The molecule has 0 aliphatic heterocycles. The number of amides is 1. The Hall–Kier alpha value is -1.26. The van der Waals surface area contributed by atoms with E-state index in [1.54, 1.807) is 19.0 Å². The number of carbonyl (C=O) groups excluding carboxylic acids is 1. The predicted molar refractivity (Wildman–Crippen MR) is 78.7 cm³/mol. The van der Waals surface area contributed by atoms with Crippen LogP contribution in [0.2, 0.25) is 0 Å². The SMILES string of the molecule is CN(C)C(=O)CCc1cccc(NCC(O)CCl)c1. The quantitative estimate of drug-likeness (QED) is 0.750. The second-order valence-electron chi connectivity index (χ2n) is 4.68. The van der Waals surface area contributed by atoms with Crippen LogP contribution >= 0.6 is 11.6 Å². The van der Waals surface area contributed by atoms with Crippen LogP contribution in [-0.4, -0.2) is 48.5 Å². The van der Waals surface area contributed by atoms with Crippen LogP contribution in [0.3, 0.4) is 0 Å². The molecule has 1 atom stereocenters. The van der Waals surface area contributed by atoms with Crippen LogP contribution in [0, 0.1) is 0 Å². The van der Waals surface area contributed by atoms with Crippen LogP contribution < -0.4 is 5.32 Å². The Bertz CT molecular complexity index is 410. The van der Waals surface area contributed by atoms with Gasteiger partial charge in [0.1, 0.15) is 0 Å². The topological polar surface area (TPSA) is 52.6 Å². The second kappa shape index (κ2) is 8.02. The molecule has 19 heavy (non-hydrogen) atoms. The first-order chi connectivity index (χ1) is 9.02. The zero-order valence-corrected chi connectivity index (χ0v) is 12.2. The molecular formula is C14H21ClN2O2. The minimum absolute atomic E-state index is 0.121. The highest BCUT2D eigenvalue weighted by Crippen LogP contribution is 2.12. The molecule has 4 nitrogen and oxygen atoms in total. The van der Waals surface area contributed by atoms with E-state index in [1.807, 2.05) is 24.3 Å². The van der Waals surface area contributed by atoms with Crippen molar-refractivity contribution < 1.29 is 9.90 Å². The fourth-order valence-electron chi connectivity index (χ4n) is 1.60. The summed E-state index contributed by atoms with van der Waals surface area (Å²) < 4.78 is 0. The zero-order chi connectivity index (χ0) is 14.3. The maximum absolute atomic E-state index is 11.5. The van der Waals surface area contributed by atoms with Crippen molar-refractivity contribution in [3.8, 4) is 0 Å². The number of aliphatic hydroxyl groups excluding tert-OH is 1. The van der Waals surface area contributed by atoms with Crippen molar-refractivity contribution in [2.45, 2.75) is 18.9 Å². The lowest BCUT2D eigenvalue weighted by molar-refractivity contribution is -0.128. The molecule has 1 rings (SSSR count). The Morgan fingerprint density at radius 3 is 2.84 bits per heavy atom. The number of benzene rings is 1. The van der Waals surface area contributed by atoms with Crippen molar-refractivity contribution in [1.82, 2.24) is 4.90 Å². The molecule has 106 valence electrons. The summed E-state index contributed by atoms with van der Waals surface area (Å²) in [6.45, 7) is 0.420. The molecule has 0 aliphatic rings. The van der Waals surface area contributed by atoms with Gasteiger partial charge in [-0.05, 0) is 24.1 Å². The van der Waals surface area contributed by atoms with E-state index in [0.29, 0.717) is 19.4 Å². The van der Waals surface area contributed by atoms with Crippen LogP contribution in [0.25, 0.3) is 0 Å². The van der Waals surface area contributed by atoms with Gasteiger partial charge in [0.05, 0.1) is 12.0 Å². The highest BCUT2D eigenvalue weighted by atomic mass is 35.5. The van der Waals surface area contributed by atoms with Gasteiger partial charge in [0, 0.05) is 32.7 Å². The van der Waals surface area contributed by atoms with E-state index in [0.717, 1.165) is 11.3 Å². The first kappa shape index (κ1) is 15.8. The van der Waals surface area contributed by atoms with Gasteiger partial charge in [0.2, 0.25) is 5.91 Å². The predicted octanol–water partition coefficient (Wildman–Crippen LogP) is 1.72. The van der Waals surface area contributed by atoms with E-state index in [9.17, 15) is 9.90 Å². The van der Waals surface area contributed by atoms with Crippen LogP contribution in [0.1, 0.15) is 12.0 Å². The Morgan fingerprint density at radius 1 is 1.47 bits per heavy atom. The molecule has 0 spiro atoms.